The number of aromatic nitrogens is 1. The predicted molar refractivity (Wildman–Crippen MR) is 94.6 cm³/mol. The van der Waals surface area contributed by atoms with Gasteiger partial charge in [-0.2, -0.15) is 0 Å². The topological polar surface area (TPSA) is 39.2 Å². The van der Waals surface area contributed by atoms with Crippen LogP contribution < -0.4 is 4.74 Å². The van der Waals surface area contributed by atoms with Crippen molar-refractivity contribution in [2.45, 2.75) is 13.0 Å². The van der Waals surface area contributed by atoms with E-state index in [-0.39, 0.29) is 5.78 Å². The number of halogens is 1. The van der Waals surface area contributed by atoms with Crippen LogP contribution in [0.25, 0.3) is 0 Å². The van der Waals surface area contributed by atoms with Gasteiger partial charge in [-0.05, 0) is 36.8 Å². The van der Waals surface area contributed by atoms with Gasteiger partial charge in [-0.3, -0.25) is 9.78 Å². The number of rotatable bonds is 5. The van der Waals surface area contributed by atoms with Gasteiger partial charge in [-0.25, -0.2) is 0 Å². The number of hydrogen-bond acceptors (Lipinski definition) is 3. The van der Waals surface area contributed by atoms with Gasteiger partial charge in [0.05, 0.1) is 0 Å². The molecule has 0 aliphatic carbocycles. The molecule has 24 heavy (non-hydrogen) atoms. The standard InChI is InChI=1S/C20H16ClNO2/c1-14-12-17(21)9-10-18(14)24-20(16-8-5-11-22-13-16)19(23)15-6-3-2-4-7-15/h2-13,20H,1H3. The molecular formula is C20H16ClNO2. The zero-order valence-electron chi connectivity index (χ0n) is 13.1. The lowest BCUT2D eigenvalue weighted by Crippen LogP contribution is -2.19. The van der Waals surface area contributed by atoms with Crippen molar-refractivity contribution in [3.63, 3.8) is 0 Å². The monoisotopic (exact) mass is 337 g/mol. The summed E-state index contributed by atoms with van der Waals surface area (Å²) in [6.45, 7) is 1.90. The second kappa shape index (κ2) is 7.28. The first-order valence-electron chi connectivity index (χ1n) is 7.57. The predicted octanol–water partition coefficient (Wildman–Crippen LogP) is 5.05. The molecule has 1 unspecified atom stereocenters. The Balaban J connectivity index is 1.98. The van der Waals surface area contributed by atoms with Crippen LogP contribution in [-0.2, 0) is 0 Å². The van der Waals surface area contributed by atoms with Crippen molar-refractivity contribution < 1.29 is 9.53 Å². The maximum atomic E-state index is 12.9. The number of nitrogens with zero attached hydrogens (tertiary/aromatic N) is 1. The smallest absolute Gasteiger partial charge is 0.208 e. The van der Waals surface area contributed by atoms with Crippen LogP contribution in [0, 0.1) is 6.92 Å². The number of Topliss-reactive ketones (excluding diaryl/α,β-unsaturated/α-hetero) is 1. The van der Waals surface area contributed by atoms with Crippen LogP contribution >= 0.6 is 11.6 Å². The van der Waals surface area contributed by atoms with Crippen molar-refractivity contribution >= 4 is 17.4 Å². The number of benzene rings is 2. The second-order valence-electron chi connectivity index (χ2n) is 5.42. The number of hydrogen-bond donors (Lipinski definition) is 0. The molecule has 3 rings (SSSR count). The van der Waals surface area contributed by atoms with Crippen LogP contribution in [0.2, 0.25) is 5.02 Å². The van der Waals surface area contributed by atoms with Crippen molar-refractivity contribution in [3.05, 3.63) is 94.8 Å². The molecule has 1 heterocycles. The van der Waals surface area contributed by atoms with Gasteiger partial charge in [-0.15, -0.1) is 0 Å². The quantitative estimate of drug-likeness (QED) is 0.612. The molecule has 0 saturated heterocycles. The molecule has 0 saturated carbocycles. The van der Waals surface area contributed by atoms with Gasteiger partial charge in [0.2, 0.25) is 5.78 Å². The van der Waals surface area contributed by atoms with E-state index in [4.69, 9.17) is 16.3 Å². The average Bonchev–Trinajstić information content (AvgIpc) is 2.62. The van der Waals surface area contributed by atoms with E-state index in [1.54, 1.807) is 42.7 Å². The van der Waals surface area contributed by atoms with E-state index >= 15 is 0 Å². The van der Waals surface area contributed by atoms with E-state index in [9.17, 15) is 4.79 Å². The second-order valence-corrected chi connectivity index (χ2v) is 5.86. The zero-order valence-corrected chi connectivity index (χ0v) is 13.9. The summed E-state index contributed by atoms with van der Waals surface area (Å²) >= 11 is 6.00. The number of ketones is 1. The molecule has 4 heteroatoms. The molecule has 0 bridgehead atoms. The van der Waals surface area contributed by atoms with E-state index in [0.717, 1.165) is 5.56 Å². The number of aryl methyl sites for hydroxylation is 1. The Hall–Kier alpha value is -2.65. The van der Waals surface area contributed by atoms with Gasteiger partial charge in [-0.1, -0.05) is 48.0 Å². The minimum Gasteiger partial charge on any atom is -0.477 e. The summed E-state index contributed by atoms with van der Waals surface area (Å²) in [5.74, 6) is 0.510. The highest BCUT2D eigenvalue weighted by Gasteiger charge is 2.24. The first-order chi connectivity index (χ1) is 11.6. The Kier molecular flexibility index (Phi) is 4.92. The Labute approximate surface area is 145 Å². The first-order valence-corrected chi connectivity index (χ1v) is 7.95. The van der Waals surface area contributed by atoms with Gasteiger partial charge in [0.15, 0.2) is 6.10 Å². The van der Waals surface area contributed by atoms with Crippen LogP contribution in [0.1, 0.15) is 27.6 Å². The van der Waals surface area contributed by atoms with Crippen LogP contribution in [0.15, 0.2) is 73.1 Å². The molecule has 0 aliphatic rings. The highest BCUT2D eigenvalue weighted by atomic mass is 35.5. The van der Waals surface area contributed by atoms with Crippen molar-refractivity contribution in [1.82, 2.24) is 4.98 Å². The van der Waals surface area contributed by atoms with Gasteiger partial charge in [0.1, 0.15) is 5.75 Å². The fourth-order valence-electron chi connectivity index (χ4n) is 2.43. The average molecular weight is 338 g/mol. The molecule has 3 aromatic rings. The van der Waals surface area contributed by atoms with Gasteiger partial charge in [0, 0.05) is 28.5 Å². The lowest BCUT2D eigenvalue weighted by molar-refractivity contribution is 0.0791. The molecule has 0 radical (unpaired) electrons. The number of carbonyl (C=O) groups is 1. The maximum absolute atomic E-state index is 12.9. The fraction of sp³-hybridized carbons (Fsp3) is 0.100. The van der Waals surface area contributed by atoms with Crippen LogP contribution in [0.4, 0.5) is 0 Å². The lowest BCUT2D eigenvalue weighted by atomic mass is 10.0. The molecule has 0 N–H and O–H groups in total. The minimum absolute atomic E-state index is 0.113. The summed E-state index contributed by atoms with van der Waals surface area (Å²) in [6, 6.07) is 18.1. The lowest BCUT2D eigenvalue weighted by Gasteiger charge is -2.19. The molecule has 0 fully saturated rings. The van der Waals surface area contributed by atoms with Gasteiger partial charge < -0.3 is 4.74 Å². The zero-order chi connectivity index (χ0) is 16.9. The van der Waals surface area contributed by atoms with Crippen molar-refractivity contribution in [3.8, 4) is 5.75 Å². The van der Waals surface area contributed by atoms with E-state index in [2.05, 4.69) is 4.98 Å². The number of pyridine rings is 1. The third-order valence-corrected chi connectivity index (χ3v) is 3.90. The van der Waals surface area contributed by atoms with Gasteiger partial charge >= 0.3 is 0 Å². The Bertz CT molecular complexity index is 835. The van der Waals surface area contributed by atoms with Crippen molar-refractivity contribution in [2.24, 2.45) is 0 Å². The molecule has 3 nitrogen and oxygen atoms in total. The highest BCUT2D eigenvalue weighted by molar-refractivity contribution is 6.30. The highest BCUT2D eigenvalue weighted by Crippen LogP contribution is 2.29. The normalized spacial score (nSPS) is 11.8. The van der Waals surface area contributed by atoms with Gasteiger partial charge in [0.25, 0.3) is 0 Å². The molecule has 0 spiro atoms. The van der Waals surface area contributed by atoms with E-state index < -0.39 is 6.10 Å². The van der Waals surface area contributed by atoms with Crippen LogP contribution in [0.3, 0.4) is 0 Å². The Morgan fingerprint density at radius 3 is 2.54 bits per heavy atom. The Morgan fingerprint density at radius 1 is 1.08 bits per heavy atom. The summed E-state index contributed by atoms with van der Waals surface area (Å²) in [5, 5.41) is 0.632. The number of carbonyl (C=O) groups excluding carboxylic acids is 1. The third kappa shape index (κ3) is 3.63. The summed E-state index contributed by atoms with van der Waals surface area (Å²) in [6.07, 6.45) is 2.55. The fourth-order valence-corrected chi connectivity index (χ4v) is 2.66. The molecule has 0 amide bonds. The maximum Gasteiger partial charge on any atom is 0.208 e. The summed E-state index contributed by atoms with van der Waals surface area (Å²) < 4.78 is 6.05. The van der Waals surface area contributed by atoms with E-state index in [1.807, 2.05) is 37.3 Å². The first kappa shape index (κ1) is 16.2. The van der Waals surface area contributed by atoms with E-state index in [0.29, 0.717) is 21.9 Å². The molecule has 2 aromatic carbocycles. The van der Waals surface area contributed by atoms with Crippen molar-refractivity contribution in [1.29, 1.82) is 0 Å². The molecule has 1 aromatic heterocycles. The minimum atomic E-state index is -0.763. The molecule has 120 valence electrons. The summed E-state index contributed by atoms with van der Waals surface area (Å²) in [7, 11) is 0. The molecule has 0 aliphatic heterocycles. The Morgan fingerprint density at radius 2 is 1.88 bits per heavy atom. The largest absolute Gasteiger partial charge is 0.477 e. The van der Waals surface area contributed by atoms with E-state index in [1.165, 1.54) is 0 Å². The third-order valence-electron chi connectivity index (χ3n) is 3.67. The SMILES string of the molecule is Cc1cc(Cl)ccc1OC(C(=O)c1ccccc1)c1cccnc1. The molecular weight excluding hydrogens is 322 g/mol. The number of ether oxygens (including phenoxy) is 1. The summed E-state index contributed by atoms with van der Waals surface area (Å²) in [5.41, 5.74) is 2.18. The van der Waals surface area contributed by atoms with Crippen LogP contribution in [-0.4, -0.2) is 10.8 Å². The molecule has 1 atom stereocenters. The van der Waals surface area contributed by atoms with Crippen molar-refractivity contribution in [2.75, 3.05) is 0 Å². The van der Waals surface area contributed by atoms with Crippen LogP contribution in [0.5, 0.6) is 5.75 Å². The summed E-state index contributed by atoms with van der Waals surface area (Å²) in [4.78, 5) is 17.1.